The van der Waals surface area contributed by atoms with Crippen molar-refractivity contribution in [1.29, 1.82) is 0 Å². The lowest BCUT2D eigenvalue weighted by molar-refractivity contribution is 0.478. The maximum absolute atomic E-state index is 4.55. The number of likely N-dealkylation sites (tertiary alicyclic amines) is 1. The standard InChI is InChI=1S/C20H26BrN5.HI/c1-22-19(26-9-6-15(13-26)16-11-24-25(2)12-16)23-14-20(7-8-20)17-4-3-5-18(21)10-17;/h3-5,10-12,15H,6-9,13-14H2,1-2H3,(H,22,23);1H. The summed E-state index contributed by atoms with van der Waals surface area (Å²) in [6, 6.07) is 8.73. The Morgan fingerprint density at radius 2 is 2.22 bits per heavy atom. The molecule has 0 amide bonds. The number of guanidine groups is 1. The Hall–Kier alpha value is -1.09. The topological polar surface area (TPSA) is 45.5 Å². The maximum Gasteiger partial charge on any atom is 0.193 e. The Labute approximate surface area is 186 Å². The predicted octanol–water partition coefficient (Wildman–Crippen LogP) is 3.90. The largest absolute Gasteiger partial charge is 0.355 e. The zero-order valence-corrected chi connectivity index (χ0v) is 19.8. The molecule has 2 heterocycles. The van der Waals surface area contributed by atoms with Crippen LogP contribution in [0.15, 0.2) is 46.1 Å². The summed E-state index contributed by atoms with van der Waals surface area (Å²) in [6.07, 6.45) is 7.77. The second-order valence-corrected chi connectivity index (χ2v) is 8.49. The molecule has 4 rings (SSSR count). The number of hydrogen-bond acceptors (Lipinski definition) is 2. The van der Waals surface area contributed by atoms with Gasteiger partial charge in [0.15, 0.2) is 5.96 Å². The molecule has 27 heavy (non-hydrogen) atoms. The Bertz CT molecular complexity index is 814. The van der Waals surface area contributed by atoms with Crippen molar-refractivity contribution < 1.29 is 0 Å². The van der Waals surface area contributed by atoms with Crippen LogP contribution < -0.4 is 5.32 Å². The van der Waals surface area contributed by atoms with Gasteiger partial charge in [-0.2, -0.15) is 5.10 Å². The van der Waals surface area contributed by atoms with Crippen molar-refractivity contribution in [2.45, 2.75) is 30.6 Å². The van der Waals surface area contributed by atoms with Crippen molar-refractivity contribution in [3.63, 3.8) is 0 Å². The summed E-state index contributed by atoms with van der Waals surface area (Å²) in [6.45, 7) is 3.00. The zero-order valence-electron chi connectivity index (χ0n) is 15.9. The van der Waals surface area contributed by atoms with E-state index in [2.05, 4.69) is 66.7 Å². The quantitative estimate of drug-likeness (QED) is 0.361. The average Bonchev–Trinajstić information content (AvgIpc) is 3.05. The van der Waals surface area contributed by atoms with Crippen LogP contribution in [0.3, 0.4) is 0 Å². The smallest absolute Gasteiger partial charge is 0.193 e. The van der Waals surface area contributed by atoms with Gasteiger partial charge in [0.05, 0.1) is 6.20 Å². The molecule has 2 aliphatic rings. The van der Waals surface area contributed by atoms with E-state index in [0.29, 0.717) is 5.92 Å². The minimum Gasteiger partial charge on any atom is -0.355 e. The molecular weight excluding hydrogens is 517 g/mol. The van der Waals surface area contributed by atoms with Crippen LogP contribution in [0.5, 0.6) is 0 Å². The van der Waals surface area contributed by atoms with Crippen LogP contribution in [-0.4, -0.2) is 47.3 Å². The number of halogens is 2. The molecule has 1 saturated carbocycles. The molecule has 1 unspecified atom stereocenters. The molecule has 2 fully saturated rings. The van der Waals surface area contributed by atoms with E-state index in [1.165, 1.54) is 24.0 Å². The van der Waals surface area contributed by atoms with Crippen LogP contribution in [0.1, 0.15) is 36.3 Å². The van der Waals surface area contributed by atoms with Crippen molar-refractivity contribution in [2.75, 3.05) is 26.7 Å². The first-order valence-corrected chi connectivity index (χ1v) is 10.1. The van der Waals surface area contributed by atoms with E-state index in [1.54, 1.807) is 0 Å². The summed E-state index contributed by atoms with van der Waals surface area (Å²) in [5.74, 6) is 1.57. The molecule has 5 nitrogen and oxygen atoms in total. The molecule has 1 saturated heterocycles. The highest BCUT2D eigenvalue weighted by Gasteiger charge is 2.44. The lowest BCUT2D eigenvalue weighted by Crippen LogP contribution is -2.43. The molecule has 1 aliphatic carbocycles. The highest BCUT2D eigenvalue weighted by Crippen LogP contribution is 2.48. The maximum atomic E-state index is 4.55. The minimum absolute atomic E-state index is 0. The van der Waals surface area contributed by atoms with Crippen LogP contribution in [0.4, 0.5) is 0 Å². The van der Waals surface area contributed by atoms with Crippen LogP contribution in [0.25, 0.3) is 0 Å². The molecule has 1 aliphatic heterocycles. The highest BCUT2D eigenvalue weighted by atomic mass is 127. The first kappa shape index (κ1) is 20.6. The molecule has 1 N–H and O–H groups in total. The van der Waals surface area contributed by atoms with Crippen LogP contribution in [0, 0.1) is 0 Å². The van der Waals surface area contributed by atoms with Crippen molar-refractivity contribution in [3.8, 4) is 0 Å². The average molecular weight is 544 g/mol. The van der Waals surface area contributed by atoms with Crippen molar-refractivity contribution in [1.82, 2.24) is 20.0 Å². The summed E-state index contributed by atoms with van der Waals surface area (Å²) >= 11 is 3.60. The third kappa shape index (κ3) is 4.50. The van der Waals surface area contributed by atoms with Gasteiger partial charge in [0.25, 0.3) is 0 Å². The minimum atomic E-state index is 0. The molecule has 0 radical (unpaired) electrons. The number of aryl methyl sites for hydroxylation is 1. The van der Waals surface area contributed by atoms with Crippen LogP contribution in [0.2, 0.25) is 0 Å². The number of rotatable bonds is 4. The summed E-state index contributed by atoms with van der Waals surface area (Å²) in [7, 11) is 3.87. The fraction of sp³-hybridized carbons (Fsp3) is 0.500. The van der Waals surface area contributed by atoms with Gasteiger partial charge in [0, 0.05) is 55.7 Å². The third-order valence-corrected chi connectivity index (χ3v) is 6.26. The van der Waals surface area contributed by atoms with Gasteiger partial charge in [-0.15, -0.1) is 24.0 Å². The Kier molecular flexibility index (Phi) is 6.50. The molecule has 2 aromatic rings. The van der Waals surface area contributed by atoms with Gasteiger partial charge in [-0.3, -0.25) is 9.67 Å². The van der Waals surface area contributed by atoms with Crippen molar-refractivity contribution in [3.05, 3.63) is 52.3 Å². The van der Waals surface area contributed by atoms with E-state index >= 15 is 0 Å². The van der Waals surface area contributed by atoms with Gasteiger partial charge in [0.1, 0.15) is 0 Å². The first-order chi connectivity index (χ1) is 12.6. The molecular formula is C20H27BrIN5. The van der Waals surface area contributed by atoms with Gasteiger partial charge in [-0.1, -0.05) is 28.1 Å². The number of nitrogens with one attached hydrogen (secondary N) is 1. The number of aromatic nitrogens is 2. The molecule has 146 valence electrons. The zero-order chi connectivity index (χ0) is 18.1. The summed E-state index contributed by atoms with van der Waals surface area (Å²) in [5, 5.41) is 7.97. The van der Waals surface area contributed by atoms with Crippen LogP contribution >= 0.6 is 39.9 Å². The van der Waals surface area contributed by atoms with Gasteiger partial charge >= 0.3 is 0 Å². The van der Waals surface area contributed by atoms with Gasteiger partial charge in [0.2, 0.25) is 0 Å². The lowest BCUT2D eigenvalue weighted by Gasteiger charge is -2.24. The number of hydrogen-bond donors (Lipinski definition) is 1. The first-order valence-electron chi connectivity index (χ1n) is 9.30. The SMILES string of the molecule is CN=C(NCC1(c2cccc(Br)c2)CC1)N1CCC(c2cnn(C)c2)C1.I. The molecule has 1 aromatic heterocycles. The molecule has 1 atom stereocenters. The van der Waals surface area contributed by atoms with Gasteiger partial charge in [-0.25, -0.2) is 0 Å². The van der Waals surface area contributed by atoms with E-state index in [0.717, 1.165) is 36.5 Å². The molecule has 0 spiro atoms. The normalized spacial score (nSPS) is 21.1. The third-order valence-electron chi connectivity index (χ3n) is 5.77. The van der Waals surface area contributed by atoms with E-state index in [-0.39, 0.29) is 29.4 Å². The summed E-state index contributed by atoms with van der Waals surface area (Å²) in [4.78, 5) is 6.93. The molecule has 1 aromatic carbocycles. The molecule has 7 heteroatoms. The van der Waals surface area contributed by atoms with Gasteiger partial charge in [-0.05, 0) is 42.5 Å². The fourth-order valence-electron chi connectivity index (χ4n) is 3.99. The van der Waals surface area contributed by atoms with E-state index < -0.39 is 0 Å². The molecule has 0 bridgehead atoms. The Morgan fingerprint density at radius 3 is 2.85 bits per heavy atom. The Balaban J connectivity index is 0.00000210. The lowest BCUT2D eigenvalue weighted by atomic mass is 9.96. The monoisotopic (exact) mass is 543 g/mol. The van der Waals surface area contributed by atoms with Crippen molar-refractivity contribution in [2.24, 2.45) is 12.0 Å². The van der Waals surface area contributed by atoms with E-state index in [4.69, 9.17) is 0 Å². The fourth-order valence-corrected chi connectivity index (χ4v) is 4.39. The second-order valence-electron chi connectivity index (χ2n) is 7.57. The van der Waals surface area contributed by atoms with E-state index in [9.17, 15) is 0 Å². The Morgan fingerprint density at radius 1 is 1.41 bits per heavy atom. The summed E-state index contributed by atoms with van der Waals surface area (Å²) in [5.41, 5.74) is 3.02. The number of nitrogens with zero attached hydrogens (tertiary/aromatic N) is 4. The van der Waals surface area contributed by atoms with E-state index in [1.807, 2.05) is 25.0 Å². The van der Waals surface area contributed by atoms with Crippen molar-refractivity contribution >= 4 is 45.9 Å². The van der Waals surface area contributed by atoms with Gasteiger partial charge < -0.3 is 10.2 Å². The van der Waals surface area contributed by atoms with Crippen LogP contribution in [-0.2, 0) is 12.5 Å². The number of aliphatic imine (C=N–C) groups is 1. The highest BCUT2D eigenvalue weighted by molar-refractivity contribution is 14.0. The predicted molar refractivity (Wildman–Crippen MR) is 124 cm³/mol. The second kappa shape index (κ2) is 8.51. The number of benzene rings is 1. The summed E-state index contributed by atoms with van der Waals surface area (Å²) < 4.78 is 3.05.